The van der Waals surface area contributed by atoms with Gasteiger partial charge in [0.2, 0.25) is 0 Å². The zero-order valence-corrected chi connectivity index (χ0v) is 13.6. The van der Waals surface area contributed by atoms with Crippen molar-refractivity contribution in [1.29, 1.82) is 0 Å². The number of nitrogens with two attached hydrogens (primary N) is 1. The van der Waals surface area contributed by atoms with Gasteiger partial charge >= 0.3 is 5.97 Å². The summed E-state index contributed by atoms with van der Waals surface area (Å²) in [7, 11) is 1.67. The lowest BCUT2D eigenvalue weighted by Crippen LogP contribution is -2.08. The van der Waals surface area contributed by atoms with E-state index in [0.29, 0.717) is 22.2 Å². The van der Waals surface area contributed by atoms with Crippen LogP contribution >= 0.6 is 0 Å². The second-order valence-electron chi connectivity index (χ2n) is 5.29. The van der Waals surface area contributed by atoms with E-state index in [9.17, 15) is 14.9 Å². The SMILES string of the molecule is CCOC(=O)c1cc(-c2ccc([N+](=O)[O-])cc2)c2c(N)nn(C)c2n1. The number of non-ortho nitro benzene ring substituents is 1. The molecule has 0 aliphatic carbocycles. The summed E-state index contributed by atoms with van der Waals surface area (Å²) < 4.78 is 6.49. The molecule has 0 aliphatic rings. The highest BCUT2D eigenvalue weighted by Gasteiger charge is 2.19. The quantitative estimate of drug-likeness (QED) is 0.438. The summed E-state index contributed by atoms with van der Waals surface area (Å²) in [6.45, 7) is 1.93. The molecular weight excluding hydrogens is 326 g/mol. The Hall–Kier alpha value is -3.49. The van der Waals surface area contributed by atoms with Crippen molar-refractivity contribution in [2.24, 2.45) is 7.05 Å². The molecule has 3 rings (SSSR count). The number of carbonyl (C=O) groups is 1. The van der Waals surface area contributed by atoms with E-state index in [1.54, 1.807) is 32.2 Å². The Bertz CT molecular complexity index is 978. The summed E-state index contributed by atoms with van der Waals surface area (Å²) in [6, 6.07) is 7.51. The molecule has 0 fully saturated rings. The number of hydrogen-bond acceptors (Lipinski definition) is 7. The Morgan fingerprint density at radius 2 is 2.04 bits per heavy atom. The second kappa shape index (κ2) is 6.19. The Morgan fingerprint density at radius 3 is 2.64 bits per heavy atom. The van der Waals surface area contributed by atoms with Crippen LogP contribution in [0.5, 0.6) is 0 Å². The molecule has 0 atom stereocenters. The van der Waals surface area contributed by atoms with Crippen LogP contribution in [0.25, 0.3) is 22.2 Å². The minimum Gasteiger partial charge on any atom is -0.461 e. The van der Waals surface area contributed by atoms with Crippen molar-refractivity contribution in [2.75, 3.05) is 12.3 Å². The van der Waals surface area contributed by atoms with Gasteiger partial charge in [-0.25, -0.2) is 14.5 Å². The van der Waals surface area contributed by atoms with E-state index in [4.69, 9.17) is 10.5 Å². The van der Waals surface area contributed by atoms with E-state index in [0.717, 1.165) is 0 Å². The largest absolute Gasteiger partial charge is 0.461 e. The van der Waals surface area contributed by atoms with Crippen molar-refractivity contribution in [3.63, 3.8) is 0 Å². The van der Waals surface area contributed by atoms with Gasteiger partial charge in [-0.05, 0) is 36.2 Å². The van der Waals surface area contributed by atoms with E-state index in [1.807, 2.05) is 0 Å². The molecule has 9 nitrogen and oxygen atoms in total. The van der Waals surface area contributed by atoms with Gasteiger partial charge in [-0.2, -0.15) is 5.10 Å². The van der Waals surface area contributed by atoms with Gasteiger partial charge in [0.05, 0.1) is 16.9 Å². The summed E-state index contributed by atoms with van der Waals surface area (Å²) in [5, 5.41) is 15.5. The van der Waals surface area contributed by atoms with Crippen molar-refractivity contribution in [3.05, 3.63) is 46.1 Å². The number of nitro groups is 1. The molecule has 2 N–H and O–H groups in total. The maximum Gasteiger partial charge on any atom is 0.357 e. The standard InChI is InChI=1S/C16H15N5O4/c1-3-25-16(22)12-8-11(9-4-6-10(7-5-9)21(23)24)13-14(17)19-20(2)15(13)18-12/h4-8H,3H2,1-2H3,(H2,17,19). The number of carbonyl (C=O) groups excluding carboxylic acids is 1. The predicted molar refractivity (Wildman–Crippen MR) is 91.0 cm³/mol. The van der Waals surface area contributed by atoms with Crippen molar-refractivity contribution >= 4 is 28.5 Å². The highest BCUT2D eigenvalue weighted by Crippen LogP contribution is 2.33. The third-order valence-corrected chi connectivity index (χ3v) is 3.69. The first-order valence-corrected chi connectivity index (χ1v) is 7.47. The van der Waals surface area contributed by atoms with Gasteiger partial charge in [0.25, 0.3) is 5.69 Å². The summed E-state index contributed by atoms with van der Waals surface area (Å²) in [5.74, 6) is -0.305. The monoisotopic (exact) mass is 341 g/mol. The number of nitrogen functional groups attached to an aromatic ring is 1. The molecule has 25 heavy (non-hydrogen) atoms. The molecule has 0 aliphatic heterocycles. The summed E-state index contributed by atoms with van der Waals surface area (Å²) >= 11 is 0. The number of esters is 1. The van der Waals surface area contributed by atoms with Crippen LogP contribution in [0.1, 0.15) is 17.4 Å². The van der Waals surface area contributed by atoms with Gasteiger partial charge in [0.15, 0.2) is 17.2 Å². The molecule has 0 saturated carbocycles. The molecule has 0 unspecified atom stereocenters. The number of nitrogens with zero attached hydrogens (tertiary/aromatic N) is 4. The van der Waals surface area contributed by atoms with E-state index in [2.05, 4.69) is 10.1 Å². The second-order valence-corrected chi connectivity index (χ2v) is 5.29. The minimum atomic E-state index is -0.563. The zero-order chi connectivity index (χ0) is 18.1. The lowest BCUT2D eigenvalue weighted by atomic mass is 10.0. The fourth-order valence-corrected chi connectivity index (χ4v) is 2.58. The Morgan fingerprint density at radius 1 is 1.36 bits per heavy atom. The van der Waals surface area contributed by atoms with Crippen molar-refractivity contribution in [2.45, 2.75) is 6.92 Å². The van der Waals surface area contributed by atoms with Gasteiger partial charge in [-0.15, -0.1) is 0 Å². The van der Waals surface area contributed by atoms with E-state index >= 15 is 0 Å². The molecular formula is C16H15N5O4. The lowest BCUT2D eigenvalue weighted by Gasteiger charge is -2.08. The van der Waals surface area contributed by atoms with Gasteiger partial charge in [0, 0.05) is 19.2 Å². The van der Waals surface area contributed by atoms with Gasteiger partial charge in [0.1, 0.15) is 0 Å². The van der Waals surface area contributed by atoms with E-state index in [-0.39, 0.29) is 23.8 Å². The number of rotatable bonds is 4. The van der Waals surface area contributed by atoms with E-state index < -0.39 is 10.9 Å². The number of hydrogen-bond donors (Lipinski definition) is 1. The predicted octanol–water partition coefficient (Wildman–Crippen LogP) is 2.30. The fourth-order valence-electron chi connectivity index (χ4n) is 2.58. The van der Waals surface area contributed by atoms with Crippen LogP contribution in [-0.4, -0.2) is 32.3 Å². The highest BCUT2D eigenvalue weighted by atomic mass is 16.6. The lowest BCUT2D eigenvalue weighted by molar-refractivity contribution is -0.384. The maximum absolute atomic E-state index is 12.1. The fraction of sp³-hybridized carbons (Fsp3) is 0.188. The summed E-state index contributed by atoms with van der Waals surface area (Å²) in [5.41, 5.74) is 7.76. The molecule has 9 heteroatoms. The van der Waals surface area contributed by atoms with Crippen molar-refractivity contribution in [3.8, 4) is 11.1 Å². The normalized spacial score (nSPS) is 10.8. The third kappa shape index (κ3) is 2.87. The van der Waals surface area contributed by atoms with Crippen LogP contribution in [0.15, 0.2) is 30.3 Å². The average molecular weight is 341 g/mol. The van der Waals surface area contributed by atoms with Crippen LogP contribution in [-0.2, 0) is 11.8 Å². The molecule has 0 amide bonds. The first kappa shape index (κ1) is 16.4. The van der Waals surface area contributed by atoms with Crippen molar-refractivity contribution < 1.29 is 14.5 Å². The molecule has 0 bridgehead atoms. The number of pyridine rings is 1. The van der Waals surface area contributed by atoms with Crippen molar-refractivity contribution in [1.82, 2.24) is 14.8 Å². The smallest absolute Gasteiger partial charge is 0.357 e. The molecule has 2 heterocycles. The topological polar surface area (TPSA) is 126 Å². The number of ether oxygens (including phenoxy) is 1. The summed E-state index contributed by atoms with van der Waals surface area (Å²) in [4.78, 5) is 26.7. The number of aromatic nitrogens is 3. The first-order valence-electron chi connectivity index (χ1n) is 7.47. The molecule has 2 aromatic heterocycles. The zero-order valence-electron chi connectivity index (χ0n) is 13.6. The average Bonchev–Trinajstić information content (AvgIpc) is 2.89. The molecule has 128 valence electrons. The Labute approximate surface area is 142 Å². The molecule has 0 spiro atoms. The number of anilines is 1. The summed E-state index contributed by atoms with van der Waals surface area (Å²) in [6.07, 6.45) is 0. The molecule has 1 aromatic carbocycles. The van der Waals surface area contributed by atoms with Gasteiger partial charge in [-0.3, -0.25) is 10.1 Å². The van der Waals surface area contributed by atoms with Gasteiger partial charge < -0.3 is 10.5 Å². The number of nitro benzene ring substituents is 1. The third-order valence-electron chi connectivity index (χ3n) is 3.69. The Kier molecular flexibility index (Phi) is 4.05. The van der Waals surface area contributed by atoms with Crippen LogP contribution in [0, 0.1) is 10.1 Å². The van der Waals surface area contributed by atoms with Crippen LogP contribution in [0.4, 0.5) is 11.5 Å². The Balaban J connectivity index is 2.24. The number of benzene rings is 1. The van der Waals surface area contributed by atoms with E-state index in [1.165, 1.54) is 16.8 Å². The highest BCUT2D eigenvalue weighted by molar-refractivity contribution is 6.03. The number of fused-ring (bicyclic) bond motifs is 1. The van der Waals surface area contributed by atoms with Crippen LogP contribution in [0.3, 0.4) is 0 Å². The number of aryl methyl sites for hydroxylation is 1. The maximum atomic E-state index is 12.1. The first-order chi connectivity index (χ1) is 11.9. The van der Waals surface area contributed by atoms with Crippen LogP contribution < -0.4 is 5.73 Å². The molecule has 3 aromatic rings. The van der Waals surface area contributed by atoms with Gasteiger partial charge in [-0.1, -0.05) is 0 Å². The molecule has 0 saturated heterocycles. The minimum absolute atomic E-state index is 0.0289. The molecule has 0 radical (unpaired) electrons. The van der Waals surface area contributed by atoms with Crippen LogP contribution in [0.2, 0.25) is 0 Å².